The van der Waals surface area contributed by atoms with E-state index in [2.05, 4.69) is 26.6 Å². The molecule has 160 valence electrons. The summed E-state index contributed by atoms with van der Waals surface area (Å²) in [5.74, 6) is 0.420. The largest absolute Gasteiger partial charge is 0.495 e. The Kier molecular flexibility index (Phi) is 6.56. The molecule has 0 heterocycles. The van der Waals surface area contributed by atoms with E-state index >= 15 is 0 Å². The summed E-state index contributed by atoms with van der Waals surface area (Å²) in [4.78, 5) is 25.4. The minimum atomic E-state index is -0.262. The number of amides is 2. The second-order valence-electron chi connectivity index (χ2n) is 7.85. The fourth-order valence-electron chi connectivity index (χ4n) is 4.10. The molecule has 1 fully saturated rings. The molecule has 3 aromatic rings. The molecule has 0 atom stereocenters. The Morgan fingerprint density at radius 1 is 0.935 bits per heavy atom. The smallest absolute Gasteiger partial charge is 0.259 e. The molecular formula is C25H25BrN2O3. The Hall–Kier alpha value is -2.86. The van der Waals surface area contributed by atoms with Crippen molar-refractivity contribution in [3.05, 3.63) is 64.6 Å². The predicted octanol–water partition coefficient (Wildman–Crippen LogP) is 6.38. The van der Waals surface area contributed by atoms with Crippen molar-refractivity contribution in [1.82, 2.24) is 0 Å². The summed E-state index contributed by atoms with van der Waals surface area (Å²) in [7, 11) is 1.55. The lowest BCUT2D eigenvalue weighted by atomic mass is 9.88. The monoisotopic (exact) mass is 480 g/mol. The third kappa shape index (κ3) is 4.74. The van der Waals surface area contributed by atoms with E-state index in [1.54, 1.807) is 19.2 Å². The summed E-state index contributed by atoms with van der Waals surface area (Å²) < 4.78 is 6.26. The van der Waals surface area contributed by atoms with Crippen LogP contribution in [0.3, 0.4) is 0 Å². The molecule has 3 aromatic carbocycles. The van der Waals surface area contributed by atoms with E-state index in [1.807, 2.05) is 42.5 Å². The number of carbonyl (C=O) groups excluding carboxylic acids is 2. The Morgan fingerprint density at radius 2 is 1.58 bits per heavy atom. The highest BCUT2D eigenvalue weighted by Crippen LogP contribution is 2.37. The van der Waals surface area contributed by atoms with Crippen molar-refractivity contribution < 1.29 is 14.3 Å². The van der Waals surface area contributed by atoms with Crippen LogP contribution in [0.25, 0.3) is 10.8 Å². The number of carbonyl (C=O) groups is 2. The van der Waals surface area contributed by atoms with E-state index < -0.39 is 0 Å². The van der Waals surface area contributed by atoms with Crippen LogP contribution in [0, 0.1) is 5.92 Å². The van der Waals surface area contributed by atoms with Crippen LogP contribution in [-0.4, -0.2) is 18.9 Å². The molecule has 31 heavy (non-hydrogen) atoms. The first-order chi connectivity index (χ1) is 15.1. The van der Waals surface area contributed by atoms with E-state index in [-0.39, 0.29) is 17.7 Å². The van der Waals surface area contributed by atoms with Gasteiger partial charge in [-0.2, -0.15) is 0 Å². The minimum Gasteiger partial charge on any atom is -0.495 e. The van der Waals surface area contributed by atoms with Gasteiger partial charge in [-0.05, 0) is 69.9 Å². The number of benzene rings is 3. The van der Waals surface area contributed by atoms with Crippen LogP contribution in [0.15, 0.2) is 59.1 Å². The first kappa shape index (κ1) is 21.4. The second-order valence-corrected chi connectivity index (χ2v) is 8.64. The molecule has 0 radical (unpaired) electrons. The fraction of sp³-hybridized carbons (Fsp3) is 0.280. The van der Waals surface area contributed by atoms with Crippen molar-refractivity contribution in [2.45, 2.75) is 32.1 Å². The van der Waals surface area contributed by atoms with E-state index in [0.29, 0.717) is 17.0 Å². The molecule has 2 amide bonds. The first-order valence-corrected chi connectivity index (χ1v) is 11.3. The lowest BCUT2D eigenvalue weighted by molar-refractivity contribution is -0.120. The van der Waals surface area contributed by atoms with E-state index in [0.717, 1.165) is 46.6 Å². The third-order valence-electron chi connectivity index (χ3n) is 5.78. The zero-order valence-electron chi connectivity index (χ0n) is 17.4. The maximum Gasteiger partial charge on any atom is 0.259 e. The Morgan fingerprint density at radius 3 is 2.26 bits per heavy atom. The number of nitrogens with one attached hydrogen (secondary N) is 2. The highest BCUT2D eigenvalue weighted by molar-refractivity contribution is 9.10. The standard InChI is InChI=1S/C25H25BrN2O3/c1-31-23-21(15-17-9-5-6-10-20(17)22(23)26)25(30)28-19-13-11-18(12-14-19)27-24(29)16-7-3-2-4-8-16/h5-6,9-16H,2-4,7-8H2,1H3,(H,27,29)(H,28,30). The summed E-state index contributed by atoms with van der Waals surface area (Å²) in [5.41, 5.74) is 1.83. The van der Waals surface area contributed by atoms with Crippen molar-refractivity contribution in [2.75, 3.05) is 17.7 Å². The number of anilines is 2. The van der Waals surface area contributed by atoms with Crippen molar-refractivity contribution in [2.24, 2.45) is 5.92 Å². The van der Waals surface area contributed by atoms with Crippen LogP contribution in [-0.2, 0) is 4.79 Å². The van der Waals surface area contributed by atoms with Crippen molar-refractivity contribution in [3.8, 4) is 5.75 Å². The van der Waals surface area contributed by atoms with Gasteiger partial charge in [-0.3, -0.25) is 9.59 Å². The number of methoxy groups -OCH3 is 1. The van der Waals surface area contributed by atoms with Gasteiger partial charge in [-0.15, -0.1) is 0 Å². The molecule has 0 aliphatic heterocycles. The zero-order valence-corrected chi connectivity index (χ0v) is 19.0. The number of ether oxygens (including phenoxy) is 1. The van der Waals surface area contributed by atoms with Crippen molar-refractivity contribution in [1.29, 1.82) is 0 Å². The van der Waals surface area contributed by atoms with E-state index in [1.165, 1.54) is 6.42 Å². The quantitative estimate of drug-likeness (QED) is 0.444. The predicted molar refractivity (Wildman–Crippen MR) is 128 cm³/mol. The number of hydrogen-bond donors (Lipinski definition) is 2. The van der Waals surface area contributed by atoms with E-state index in [9.17, 15) is 9.59 Å². The van der Waals surface area contributed by atoms with Crippen LogP contribution >= 0.6 is 15.9 Å². The maximum atomic E-state index is 13.0. The molecule has 1 aliphatic carbocycles. The maximum absolute atomic E-state index is 13.0. The lowest BCUT2D eigenvalue weighted by Gasteiger charge is -2.20. The van der Waals surface area contributed by atoms with Crippen LogP contribution in [0.2, 0.25) is 0 Å². The van der Waals surface area contributed by atoms with Gasteiger partial charge < -0.3 is 15.4 Å². The average molecular weight is 481 g/mol. The topological polar surface area (TPSA) is 67.4 Å². The zero-order chi connectivity index (χ0) is 21.8. The normalized spacial score (nSPS) is 14.3. The van der Waals surface area contributed by atoms with Gasteiger partial charge in [0.05, 0.1) is 17.1 Å². The number of halogens is 1. The molecule has 4 rings (SSSR count). The van der Waals surface area contributed by atoms with Crippen LogP contribution < -0.4 is 15.4 Å². The average Bonchev–Trinajstić information content (AvgIpc) is 2.81. The molecule has 0 unspecified atom stereocenters. The molecule has 2 N–H and O–H groups in total. The summed E-state index contributed by atoms with van der Waals surface area (Å²) in [6.45, 7) is 0. The fourth-order valence-corrected chi connectivity index (χ4v) is 4.83. The molecule has 0 spiro atoms. The van der Waals surface area contributed by atoms with Gasteiger partial charge in [-0.1, -0.05) is 43.5 Å². The molecule has 0 saturated heterocycles. The number of hydrogen-bond acceptors (Lipinski definition) is 3. The Bertz CT molecular complexity index is 1110. The van der Waals surface area contributed by atoms with Gasteiger partial charge in [-0.25, -0.2) is 0 Å². The third-order valence-corrected chi connectivity index (χ3v) is 6.56. The Balaban J connectivity index is 1.48. The second kappa shape index (κ2) is 9.52. The number of fused-ring (bicyclic) bond motifs is 1. The molecular weight excluding hydrogens is 456 g/mol. The van der Waals surface area contributed by atoms with Gasteiger partial charge in [0, 0.05) is 17.3 Å². The van der Waals surface area contributed by atoms with Crippen LogP contribution in [0.5, 0.6) is 5.75 Å². The van der Waals surface area contributed by atoms with Gasteiger partial charge in [0.1, 0.15) is 5.75 Å². The molecule has 1 aliphatic rings. The first-order valence-electron chi connectivity index (χ1n) is 10.5. The molecule has 0 aromatic heterocycles. The van der Waals surface area contributed by atoms with Crippen molar-refractivity contribution >= 4 is 49.9 Å². The SMILES string of the molecule is COc1c(C(=O)Nc2ccc(NC(=O)C3CCCCC3)cc2)cc2ccccc2c1Br. The summed E-state index contributed by atoms with van der Waals surface area (Å²) in [6.07, 6.45) is 5.39. The van der Waals surface area contributed by atoms with Gasteiger partial charge >= 0.3 is 0 Å². The van der Waals surface area contributed by atoms with Crippen molar-refractivity contribution in [3.63, 3.8) is 0 Å². The molecule has 5 nitrogen and oxygen atoms in total. The van der Waals surface area contributed by atoms with Gasteiger partial charge in [0.15, 0.2) is 0 Å². The van der Waals surface area contributed by atoms with Gasteiger partial charge in [0.2, 0.25) is 5.91 Å². The van der Waals surface area contributed by atoms with E-state index in [4.69, 9.17) is 4.74 Å². The van der Waals surface area contributed by atoms with Crippen LogP contribution in [0.4, 0.5) is 11.4 Å². The summed E-state index contributed by atoms with van der Waals surface area (Å²) >= 11 is 3.57. The molecule has 6 heteroatoms. The summed E-state index contributed by atoms with van der Waals surface area (Å²) in [5, 5.41) is 7.83. The Labute approximate surface area is 190 Å². The minimum absolute atomic E-state index is 0.0854. The van der Waals surface area contributed by atoms with Gasteiger partial charge in [0.25, 0.3) is 5.91 Å². The highest BCUT2D eigenvalue weighted by atomic mass is 79.9. The lowest BCUT2D eigenvalue weighted by Crippen LogP contribution is -2.24. The molecule has 0 bridgehead atoms. The number of rotatable bonds is 5. The highest BCUT2D eigenvalue weighted by Gasteiger charge is 2.21. The molecule has 1 saturated carbocycles. The summed E-state index contributed by atoms with van der Waals surface area (Å²) in [6, 6.07) is 16.8. The van der Waals surface area contributed by atoms with Crippen LogP contribution in [0.1, 0.15) is 42.5 Å².